The first-order valence-electron chi connectivity index (χ1n) is 4.99. The van der Waals surface area contributed by atoms with Crippen molar-refractivity contribution < 1.29 is 0 Å². The predicted octanol–water partition coefficient (Wildman–Crippen LogP) is 2.86. The lowest BCUT2D eigenvalue weighted by Gasteiger charge is -2.06. The lowest BCUT2D eigenvalue weighted by atomic mass is 10.2. The Bertz CT molecular complexity index is 650. The number of aromatic amines is 1. The number of nitrogens with one attached hydrogen (secondary N) is 2. The molecule has 0 unspecified atom stereocenters. The smallest absolute Gasteiger partial charge is 0.141 e. The number of rotatable bonds is 2. The molecule has 5 nitrogen and oxygen atoms in total. The van der Waals surface area contributed by atoms with E-state index in [1.165, 1.54) is 0 Å². The van der Waals surface area contributed by atoms with E-state index in [0.29, 0.717) is 0 Å². The Kier molecular flexibility index (Phi) is 2.49. The predicted molar refractivity (Wildman–Crippen MR) is 69.1 cm³/mol. The molecule has 0 saturated carbocycles. The molecular weight excluding hydrogens is 282 g/mol. The van der Waals surface area contributed by atoms with Crippen LogP contribution in [0.25, 0.3) is 10.9 Å². The number of nitrogens with zero attached hydrogens (tertiary/aromatic N) is 3. The highest BCUT2D eigenvalue weighted by Crippen LogP contribution is 2.25. The molecule has 0 aliphatic heterocycles. The summed E-state index contributed by atoms with van der Waals surface area (Å²) in [6, 6.07) is 5.89. The van der Waals surface area contributed by atoms with Gasteiger partial charge in [0.25, 0.3) is 0 Å². The molecular formula is C11H8BrN5. The molecule has 0 aliphatic carbocycles. The number of halogens is 1. The topological polar surface area (TPSA) is 66.5 Å². The van der Waals surface area contributed by atoms with Gasteiger partial charge in [-0.15, -0.1) is 0 Å². The van der Waals surface area contributed by atoms with Crippen molar-refractivity contribution in [3.8, 4) is 0 Å². The first-order chi connectivity index (χ1) is 8.33. The summed E-state index contributed by atoms with van der Waals surface area (Å²) in [7, 11) is 0. The summed E-state index contributed by atoms with van der Waals surface area (Å²) < 4.78 is 0.995. The van der Waals surface area contributed by atoms with E-state index in [-0.39, 0.29) is 0 Å². The van der Waals surface area contributed by atoms with Gasteiger partial charge in [-0.25, -0.2) is 9.97 Å². The Balaban J connectivity index is 2.12. The van der Waals surface area contributed by atoms with Crippen LogP contribution in [0.5, 0.6) is 0 Å². The van der Waals surface area contributed by atoms with Crippen LogP contribution in [0.15, 0.2) is 41.4 Å². The zero-order valence-electron chi connectivity index (χ0n) is 8.68. The molecule has 0 spiro atoms. The van der Waals surface area contributed by atoms with Crippen LogP contribution in [0, 0.1) is 0 Å². The Morgan fingerprint density at radius 1 is 1.24 bits per heavy atom. The molecule has 0 saturated heterocycles. The average molecular weight is 290 g/mol. The minimum atomic E-state index is 0.762. The number of aromatic nitrogens is 4. The zero-order chi connectivity index (χ0) is 11.7. The van der Waals surface area contributed by atoms with Crippen LogP contribution in [-0.2, 0) is 0 Å². The maximum Gasteiger partial charge on any atom is 0.141 e. The molecule has 2 heterocycles. The van der Waals surface area contributed by atoms with Crippen LogP contribution < -0.4 is 5.32 Å². The van der Waals surface area contributed by atoms with Gasteiger partial charge >= 0.3 is 0 Å². The van der Waals surface area contributed by atoms with Crippen molar-refractivity contribution in [2.45, 2.75) is 0 Å². The van der Waals surface area contributed by atoms with Crippen molar-refractivity contribution in [1.29, 1.82) is 0 Å². The largest absolute Gasteiger partial charge is 0.337 e. The van der Waals surface area contributed by atoms with Crippen molar-refractivity contribution in [2.75, 3.05) is 5.32 Å². The third-order valence-electron chi connectivity index (χ3n) is 2.36. The molecule has 0 amide bonds. The molecule has 17 heavy (non-hydrogen) atoms. The van der Waals surface area contributed by atoms with Crippen molar-refractivity contribution in [3.63, 3.8) is 0 Å². The molecule has 0 aliphatic rings. The van der Waals surface area contributed by atoms with E-state index in [2.05, 4.69) is 41.4 Å². The van der Waals surface area contributed by atoms with Crippen molar-refractivity contribution in [3.05, 3.63) is 41.4 Å². The maximum absolute atomic E-state index is 4.24. The Hall–Kier alpha value is -1.95. The first-order valence-corrected chi connectivity index (χ1v) is 5.78. The van der Waals surface area contributed by atoms with E-state index in [1.54, 1.807) is 18.7 Å². The van der Waals surface area contributed by atoms with Crippen LogP contribution in [0.1, 0.15) is 0 Å². The fourth-order valence-electron chi connectivity index (χ4n) is 1.58. The van der Waals surface area contributed by atoms with Gasteiger partial charge in [0.1, 0.15) is 12.1 Å². The van der Waals surface area contributed by atoms with E-state index in [0.717, 1.165) is 26.9 Å². The van der Waals surface area contributed by atoms with Crippen LogP contribution in [0.2, 0.25) is 0 Å². The van der Waals surface area contributed by atoms with E-state index in [1.807, 2.05) is 18.2 Å². The Morgan fingerprint density at radius 3 is 3.00 bits per heavy atom. The number of hydrogen-bond acceptors (Lipinski definition) is 4. The lowest BCUT2D eigenvalue weighted by molar-refractivity contribution is 1.09. The molecule has 0 bridgehead atoms. The Morgan fingerprint density at radius 2 is 2.18 bits per heavy atom. The van der Waals surface area contributed by atoms with Gasteiger partial charge in [0.05, 0.1) is 17.4 Å². The molecule has 0 atom stereocenters. The van der Waals surface area contributed by atoms with Gasteiger partial charge < -0.3 is 5.32 Å². The van der Waals surface area contributed by atoms with Crippen LogP contribution in [0.4, 0.5) is 11.5 Å². The fourth-order valence-corrected chi connectivity index (χ4v) is 1.95. The number of benzene rings is 1. The van der Waals surface area contributed by atoms with Crippen LogP contribution in [-0.4, -0.2) is 20.2 Å². The van der Waals surface area contributed by atoms with Gasteiger partial charge in [0, 0.05) is 16.1 Å². The molecule has 2 aromatic heterocycles. The number of H-pyrrole nitrogens is 1. The summed E-state index contributed by atoms with van der Waals surface area (Å²) >= 11 is 3.44. The summed E-state index contributed by atoms with van der Waals surface area (Å²) in [5.41, 5.74) is 1.76. The second-order valence-corrected chi connectivity index (χ2v) is 4.41. The second kappa shape index (κ2) is 4.14. The zero-order valence-corrected chi connectivity index (χ0v) is 10.3. The normalized spacial score (nSPS) is 10.6. The molecule has 3 aromatic rings. The molecule has 0 radical (unpaired) electrons. The van der Waals surface area contributed by atoms with Crippen molar-refractivity contribution >= 4 is 38.3 Å². The van der Waals surface area contributed by atoms with Gasteiger partial charge in [0.15, 0.2) is 0 Å². The lowest BCUT2D eigenvalue weighted by Crippen LogP contribution is -1.94. The molecule has 0 fully saturated rings. The molecule has 3 rings (SSSR count). The fraction of sp³-hybridized carbons (Fsp3) is 0. The van der Waals surface area contributed by atoms with Crippen molar-refractivity contribution in [1.82, 2.24) is 20.2 Å². The second-order valence-electron chi connectivity index (χ2n) is 3.50. The van der Waals surface area contributed by atoms with Gasteiger partial charge in [0.2, 0.25) is 0 Å². The molecule has 2 N–H and O–H groups in total. The summed E-state index contributed by atoms with van der Waals surface area (Å²) in [6.07, 6.45) is 5.01. The summed E-state index contributed by atoms with van der Waals surface area (Å²) in [4.78, 5) is 8.46. The maximum atomic E-state index is 4.24. The highest BCUT2D eigenvalue weighted by atomic mass is 79.9. The summed E-state index contributed by atoms with van der Waals surface area (Å²) in [5.74, 6) is 0.762. The van der Waals surface area contributed by atoms with Crippen molar-refractivity contribution in [2.24, 2.45) is 0 Å². The van der Waals surface area contributed by atoms with Crippen LogP contribution >= 0.6 is 15.9 Å². The number of anilines is 2. The number of fused-ring (bicyclic) bond motifs is 1. The third-order valence-corrected chi connectivity index (χ3v) is 2.85. The summed E-state index contributed by atoms with van der Waals surface area (Å²) in [5, 5.41) is 10.8. The first kappa shape index (κ1) is 10.2. The van der Waals surface area contributed by atoms with E-state index in [9.17, 15) is 0 Å². The minimum absolute atomic E-state index is 0.762. The standard InChI is InChI=1S/C11H8BrN5/c12-7-1-2-10-9(3-7)11(14-6-13-10)17-8-4-15-16-5-8/h1-6H,(H,15,16)(H,13,14,17). The van der Waals surface area contributed by atoms with Gasteiger partial charge in [-0.3, -0.25) is 5.10 Å². The van der Waals surface area contributed by atoms with E-state index >= 15 is 0 Å². The highest BCUT2D eigenvalue weighted by Gasteiger charge is 2.04. The van der Waals surface area contributed by atoms with E-state index < -0.39 is 0 Å². The third kappa shape index (κ3) is 1.99. The Labute approximate surface area is 105 Å². The molecule has 1 aromatic carbocycles. The SMILES string of the molecule is Brc1ccc2ncnc(Nc3cn[nH]c3)c2c1. The average Bonchev–Trinajstić information content (AvgIpc) is 2.83. The minimum Gasteiger partial charge on any atom is -0.337 e. The molecule has 84 valence electrons. The molecule has 6 heteroatoms. The van der Waals surface area contributed by atoms with E-state index in [4.69, 9.17) is 0 Å². The van der Waals surface area contributed by atoms with Gasteiger partial charge in [-0.1, -0.05) is 15.9 Å². The number of hydrogen-bond donors (Lipinski definition) is 2. The van der Waals surface area contributed by atoms with Gasteiger partial charge in [-0.2, -0.15) is 5.10 Å². The van der Waals surface area contributed by atoms with Gasteiger partial charge in [-0.05, 0) is 18.2 Å². The highest BCUT2D eigenvalue weighted by molar-refractivity contribution is 9.10. The monoisotopic (exact) mass is 289 g/mol. The van der Waals surface area contributed by atoms with Crippen LogP contribution in [0.3, 0.4) is 0 Å². The quantitative estimate of drug-likeness (QED) is 0.761. The summed E-state index contributed by atoms with van der Waals surface area (Å²) in [6.45, 7) is 0.